The van der Waals surface area contributed by atoms with E-state index in [4.69, 9.17) is 0 Å². The van der Waals surface area contributed by atoms with Crippen LogP contribution >= 0.6 is 0 Å². The van der Waals surface area contributed by atoms with Gasteiger partial charge in [0.05, 0.1) is 6.54 Å². The van der Waals surface area contributed by atoms with Crippen LogP contribution < -0.4 is 10.6 Å². The number of hydrogen-bond acceptors (Lipinski definition) is 5. The number of fused-ring (bicyclic) bond motifs is 1. The lowest BCUT2D eigenvalue weighted by Gasteiger charge is -2.34. The summed E-state index contributed by atoms with van der Waals surface area (Å²) >= 11 is 0. The molecule has 1 unspecified atom stereocenters. The number of benzene rings is 1. The van der Waals surface area contributed by atoms with E-state index in [2.05, 4.69) is 60.9 Å². The quantitative estimate of drug-likeness (QED) is 0.514. The first-order valence-corrected chi connectivity index (χ1v) is 11.5. The molecular weight excluding hydrogens is 404 g/mol. The van der Waals surface area contributed by atoms with Crippen LogP contribution in [0.25, 0.3) is 0 Å². The number of likely N-dealkylation sites (N-methyl/N-ethyl adjacent to an activating group) is 1. The van der Waals surface area contributed by atoms with Gasteiger partial charge in [0, 0.05) is 52.2 Å². The molecule has 1 aromatic carbocycles. The highest BCUT2D eigenvalue weighted by atomic mass is 16.2. The van der Waals surface area contributed by atoms with Gasteiger partial charge in [0.25, 0.3) is 0 Å². The Bertz CT molecular complexity index is 902. The monoisotopic (exact) mass is 438 g/mol. The molecule has 32 heavy (non-hydrogen) atoms. The van der Waals surface area contributed by atoms with E-state index in [1.165, 1.54) is 5.56 Å². The average molecular weight is 439 g/mol. The number of aliphatic imine (C=N–C) groups is 1. The number of likely N-dealkylation sites (tertiary alicyclic amines) is 1. The van der Waals surface area contributed by atoms with Crippen LogP contribution in [-0.4, -0.2) is 82.2 Å². The zero-order valence-electron chi connectivity index (χ0n) is 19.1. The second-order valence-corrected chi connectivity index (χ2v) is 8.87. The van der Waals surface area contributed by atoms with Crippen molar-refractivity contribution in [2.24, 2.45) is 4.99 Å². The van der Waals surface area contributed by atoms with Crippen molar-refractivity contribution < 1.29 is 4.79 Å². The van der Waals surface area contributed by atoms with Crippen molar-refractivity contribution in [3.05, 3.63) is 48.0 Å². The Kier molecular flexibility index (Phi) is 7.36. The van der Waals surface area contributed by atoms with Gasteiger partial charge in [-0.25, -0.2) is 14.7 Å². The number of aryl methyl sites for hydroxylation is 1. The second-order valence-electron chi connectivity index (χ2n) is 8.87. The van der Waals surface area contributed by atoms with E-state index in [1.807, 2.05) is 4.68 Å². The predicted octanol–water partition coefficient (Wildman–Crippen LogP) is 0.881. The lowest BCUT2D eigenvalue weighted by atomic mass is 10.0. The highest BCUT2D eigenvalue weighted by molar-refractivity contribution is 5.85. The summed E-state index contributed by atoms with van der Waals surface area (Å²) in [6.45, 7) is 3.97. The summed E-state index contributed by atoms with van der Waals surface area (Å²) in [6, 6.07) is 11.2. The number of aromatic nitrogens is 3. The van der Waals surface area contributed by atoms with Crippen molar-refractivity contribution in [2.45, 2.75) is 50.9 Å². The van der Waals surface area contributed by atoms with Crippen molar-refractivity contribution in [3.8, 4) is 0 Å². The minimum atomic E-state index is -0.00835. The van der Waals surface area contributed by atoms with Crippen LogP contribution in [-0.2, 0) is 24.3 Å². The number of piperidine rings is 1. The fourth-order valence-electron chi connectivity index (χ4n) is 4.24. The SMILES string of the molecule is CN(C)C(=O)CN=C(NC1CCN(Cc2ccccc2)CC1)NC1CCc2ncnn2C1. The van der Waals surface area contributed by atoms with Crippen molar-refractivity contribution in [1.29, 1.82) is 0 Å². The van der Waals surface area contributed by atoms with E-state index >= 15 is 0 Å². The molecule has 9 heteroatoms. The Morgan fingerprint density at radius 1 is 1.12 bits per heavy atom. The van der Waals surface area contributed by atoms with E-state index in [-0.39, 0.29) is 18.5 Å². The molecule has 0 saturated carbocycles. The molecular formula is C23H34N8O. The molecule has 0 spiro atoms. The number of carbonyl (C=O) groups is 1. The molecule has 1 fully saturated rings. The van der Waals surface area contributed by atoms with Gasteiger partial charge < -0.3 is 15.5 Å². The molecule has 2 aromatic rings. The van der Waals surface area contributed by atoms with Crippen LogP contribution in [0.15, 0.2) is 41.7 Å². The minimum Gasteiger partial charge on any atom is -0.354 e. The number of nitrogens with zero attached hydrogens (tertiary/aromatic N) is 6. The first-order chi connectivity index (χ1) is 15.6. The van der Waals surface area contributed by atoms with Crippen LogP contribution in [0.2, 0.25) is 0 Å². The maximum Gasteiger partial charge on any atom is 0.243 e. The van der Waals surface area contributed by atoms with E-state index in [0.29, 0.717) is 6.04 Å². The van der Waals surface area contributed by atoms with E-state index in [9.17, 15) is 4.79 Å². The average Bonchev–Trinajstić information content (AvgIpc) is 3.27. The molecule has 4 rings (SSSR count). The van der Waals surface area contributed by atoms with Gasteiger partial charge in [-0.05, 0) is 24.8 Å². The summed E-state index contributed by atoms with van der Waals surface area (Å²) < 4.78 is 1.95. The minimum absolute atomic E-state index is 0.00835. The van der Waals surface area contributed by atoms with E-state index in [0.717, 1.165) is 63.6 Å². The summed E-state index contributed by atoms with van der Waals surface area (Å²) in [5, 5.41) is 11.5. The van der Waals surface area contributed by atoms with Gasteiger partial charge in [0.15, 0.2) is 5.96 Å². The van der Waals surface area contributed by atoms with Gasteiger partial charge in [0.1, 0.15) is 18.7 Å². The summed E-state index contributed by atoms with van der Waals surface area (Å²) in [4.78, 5) is 25.1. The summed E-state index contributed by atoms with van der Waals surface area (Å²) in [5.74, 6) is 1.74. The lowest BCUT2D eigenvalue weighted by Crippen LogP contribution is -2.52. The van der Waals surface area contributed by atoms with E-state index in [1.54, 1.807) is 25.3 Å². The third-order valence-corrected chi connectivity index (χ3v) is 6.19. The van der Waals surface area contributed by atoms with Crippen molar-refractivity contribution in [2.75, 3.05) is 33.7 Å². The van der Waals surface area contributed by atoms with Crippen LogP contribution in [0.3, 0.4) is 0 Å². The first-order valence-electron chi connectivity index (χ1n) is 11.5. The molecule has 2 aliphatic rings. The van der Waals surface area contributed by atoms with Crippen LogP contribution in [0.4, 0.5) is 0 Å². The van der Waals surface area contributed by atoms with Crippen molar-refractivity contribution >= 4 is 11.9 Å². The Hall–Kier alpha value is -2.94. The van der Waals surface area contributed by atoms with Gasteiger partial charge in [0.2, 0.25) is 5.91 Å². The largest absolute Gasteiger partial charge is 0.354 e. The lowest BCUT2D eigenvalue weighted by molar-refractivity contribution is -0.127. The smallest absolute Gasteiger partial charge is 0.243 e. The zero-order chi connectivity index (χ0) is 22.3. The molecule has 0 aliphatic carbocycles. The first kappa shape index (κ1) is 22.3. The highest BCUT2D eigenvalue weighted by Crippen LogP contribution is 2.15. The maximum absolute atomic E-state index is 12.1. The van der Waals surface area contributed by atoms with Gasteiger partial charge in [-0.2, -0.15) is 5.10 Å². The predicted molar refractivity (Wildman–Crippen MR) is 124 cm³/mol. The molecule has 1 amide bonds. The van der Waals surface area contributed by atoms with Crippen LogP contribution in [0, 0.1) is 0 Å². The summed E-state index contributed by atoms with van der Waals surface area (Å²) in [6.07, 6.45) is 5.57. The number of hydrogen-bond donors (Lipinski definition) is 2. The number of rotatable bonds is 6. The Balaban J connectivity index is 1.33. The molecule has 0 bridgehead atoms. The van der Waals surface area contributed by atoms with Crippen molar-refractivity contribution in [1.82, 2.24) is 35.2 Å². The van der Waals surface area contributed by atoms with Crippen molar-refractivity contribution in [3.63, 3.8) is 0 Å². The molecule has 1 saturated heterocycles. The third kappa shape index (κ3) is 6.06. The van der Waals surface area contributed by atoms with Gasteiger partial charge in [-0.15, -0.1) is 0 Å². The fraction of sp³-hybridized carbons (Fsp3) is 0.565. The highest BCUT2D eigenvalue weighted by Gasteiger charge is 2.24. The molecule has 1 aromatic heterocycles. The molecule has 2 aliphatic heterocycles. The van der Waals surface area contributed by atoms with Crippen LogP contribution in [0.5, 0.6) is 0 Å². The molecule has 0 radical (unpaired) electrons. The number of guanidine groups is 1. The molecule has 3 heterocycles. The molecule has 9 nitrogen and oxygen atoms in total. The summed E-state index contributed by atoms with van der Waals surface area (Å²) in [5.41, 5.74) is 1.36. The fourth-order valence-corrected chi connectivity index (χ4v) is 4.24. The van der Waals surface area contributed by atoms with E-state index < -0.39 is 0 Å². The normalized spacial score (nSPS) is 19.9. The zero-order valence-corrected chi connectivity index (χ0v) is 19.1. The maximum atomic E-state index is 12.1. The Morgan fingerprint density at radius 2 is 1.88 bits per heavy atom. The third-order valence-electron chi connectivity index (χ3n) is 6.19. The Labute approximate surface area is 189 Å². The van der Waals surface area contributed by atoms with Gasteiger partial charge >= 0.3 is 0 Å². The number of carbonyl (C=O) groups excluding carboxylic acids is 1. The summed E-state index contributed by atoms with van der Waals surface area (Å²) in [7, 11) is 3.52. The van der Waals surface area contributed by atoms with Crippen LogP contribution in [0.1, 0.15) is 30.7 Å². The topological polar surface area (TPSA) is 90.7 Å². The molecule has 1 atom stereocenters. The van der Waals surface area contributed by atoms with Gasteiger partial charge in [-0.3, -0.25) is 9.69 Å². The second kappa shape index (κ2) is 10.6. The molecule has 2 N–H and O–H groups in total. The standard InChI is InChI=1S/C23H34N8O/c1-29(2)22(32)14-24-23(28-20-8-9-21-25-17-26-31(21)16-20)27-19-10-12-30(13-11-19)15-18-6-4-3-5-7-18/h3-7,17,19-20H,8-16H2,1-2H3,(H2,24,27,28). The Morgan fingerprint density at radius 3 is 2.62 bits per heavy atom. The molecule has 172 valence electrons. The number of amides is 1. The number of nitrogens with one attached hydrogen (secondary N) is 2. The van der Waals surface area contributed by atoms with Gasteiger partial charge in [-0.1, -0.05) is 30.3 Å².